The average molecular weight is 262 g/mol. The summed E-state index contributed by atoms with van der Waals surface area (Å²) in [5, 5.41) is 2.15. The SMILES string of the molecule is CO[Si](CCC[n+]1cscc1C)(OC)OC. The second-order valence-corrected chi connectivity index (χ2v) is 7.40. The standard InChI is InChI=1S/C10H20NO3SSi/c1-10-8-15-9-11(10)6-5-7-16(12-2,13-3)14-4/h8-9H,5-7H2,1-4H3/q+1. The molecule has 0 aliphatic carbocycles. The van der Waals surface area contributed by atoms with Crippen LogP contribution in [-0.2, 0) is 19.8 Å². The molecular formula is C10H20NO3SSi+. The first-order valence-electron chi connectivity index (χ1n) is 5.25. The lowest BCUT2D eigenvalue weighted by molar-refractivity contribution is -0.698. The van der Waals surface area contributed by atoms with Gasteiger partial charge in [-0.2, -0.15) is 4.57 Å². The van der Waals surface area contributed by atoms with Gasteiger partial charge >= 0.3 is 8.80 Å². The smallest absolute Gasteiger partial charge is 0.377 e. The normalized spacial score (nSPS) is 12.0. The summed E-state index contributed by atoms with van der Waals surface area (Å²) in [5.41, 5.74) is 3.43. The molecule has 1 heterocycles. The Labute approximate surface area is 102 Å². The Morgan fingerprint density at radius 1 is 1.25 bits per heavy atom. The third-order valence-corrected chi connectivity index (χ3v) is 6.38. The third-order valence-electron chi connectivity index (χ3n) is 2.69. The molecule has 0 aliphatic heterocycles. The predicted octanol–water partition coefficient (Wildman–Crippen LogP) is 1.61. The molecule has 0 aliphatic rings. The number of thiazole rings is 1. The first-order chi connectivity index (χ1) is 7.67. The van der Waals surface area contributed by atoms with Gasteiger partial charge in [0.2, 0.25) is 5.51 Å². The van der Waals surface area contributed by atoms with E-state index in [1.165, 1.54) is 5.69 Å². The van der Waals surface area contributed by atoms with Crippen molar-refractivity contribution in [2.45, 2.75) is 25.9 Å². The van der Waals surface area contributed by atoms with Crippen LogP contribution in [0.2, 0.25) is 6.04 Å². The summed E-state index contributed by atoms with van der Waals surface area (Å²) >= 11 is 1.72. The first-order valence-corrected chi connectivity index (χ1v) is 8.12. The highest BCUT2D eigenvalue weighted by molar-refractivity contribution is 7.07. The first kappa shape index (κ1) is 13.8. The van der Waals surface area contributed by atoms with Crippen molar-refractivity contribution < 1.29 is 17.8 Å². The minimum atomic E-state index is -2.38. The van der Waals surface area contributed by atoms with E-state index < -0.39 is 8.80 Å². The maximum absolute atomic E-state index is 5.37. The van der Waals surface area contributed by atoms with E-state index in [-0.39, 0.29) is 0 Å². The van der Waals surface area contributed by atoms with Crippen molar-refractivity contribution in [2.75, 3.05) is 21.3 Å². The van der Waals surface area contributed by atoms with Crippen LogP contribution in [0.3, 0.4) is 0 Å². The highest BCUT2D eigenvalue weighted by Gasteiger charge is 2.37. The van der Waals surface area contributed by atoms with Gasteiger partial charge in [-0.15, -0.1) is 0 Å². The minimum absolute atomic E-state index is 0.846. The van der Waals surface area contributed by atoms with Gasteiger partial charge in [-0.05, 0) is 0 Å². The van der Waals surface area contributed by atoms with Gasteiger partial charge in [-0.25, -0.2) is 0 Å². The number of nitrogens with zero attached hydrogens (tertiary/aromatic N) is 1. The Bertz CT molecular complexity index is 307. The van der Waals surface area contributed by atoms with Gasteiger partial charge in [0, 0.05) is 40.7 Å². The van der Waals surface area contributed by atoms with Crippen LogP contribution in [-0.4, -0.2) is 30.1 Å². The maximum Gasteiger partial charge on any atom is 0.500 e. The Morgan fingerprint density at radius 3 is 2.31 bits per heavy atom. The maximum atomic E-state index is 5.37. The molecule has 0 N–H and O–H groups in total. The second kappa shape index (κ2) is 6.46. The molecule has 0 amide bonds. The van der Waals surface area contributed by atoms with E-state index in [0.29, 0.717) is 0 Å². The molecule has 0 saturated heterocycles. The average Bonchev–Trinajstić information content (AvgIpc) is 2.71. The molecule has 16 heavy (non-hydrogen) atoms. The number of hydrogen-bond donors (Lipinski definition) is 0. The molecule has 0 atom stereocenters. The highest BCUT2D eigenvalue weighted by atomic mass is 32.1. The van der Waals surface area contributed by atoms with Crippen LogP contribution in [0, 0.1) is 6.92 Å². The van der Waals surface area contributed by atoms with Gasteiger partial charge in [-0.1, -0.05) is 11.3 Å². The van der Waals surface area contributed by atoms with Gasteiger partial charge in [0.05, 0.1) is 5.38 Å². The van der Waals surface area contributed by atoms with Crippen LogP contribution in [0.1, 0.15) is 12.1 Å². The molecule has 0 radical (unpaired) electrons. The lowest BCUT2D eigenvalue weighted by Gasteiger charge is -2.23. The molecule has 4 nitrogen and oxygen atoms in total. The van der Waals surface area contributed by atoms with Crippen LogP contribution in [0.4, 0.5) is 0 Å². The van der Waals surface area contributed by atoms with E-state index in [1.54, 1.807) is 32.7 Å². The number of hydrogen-bond acceptors (Lipinski definition) is 4. The molecule has 0 aromatic carbocycles. The quantitative estimate of drug-likeness (QED) is 0.553. The van der Waals surface area contributed by atoms with Crippen LogP contribution < -0.4 is 4.57 Å². The largest absolute Gasteiger partial charge is 0.500 e. The Morgan fingerprint density at radius 2 is 1.88 bits per heavy atom. The number of aryl methyl sites for hydroxylation is 2. The van der Waals surface area contributed by atoms with Crippen molar-refractivity contribution >= 4 is 20.1 Å². The molecule has 0 fully saturated rings. The molecule has 1 aromatic rings. The summed E-state index contributed by atoms with van der Waals surface area (Å²) in [6.45, 7) is 3.10. The van der Waals surface area contributed by atoms with E-state index in [2.05, 4.69) is 22.4 Å². The molecule has 0 bridgehead atoms. The van der Waals surface area contributed by atoms with Crippen molar-refractivity contribution in [3.8, 4) is 0 Å². The summed E-state index contributed by atoms with van der Waals surface area (Å²) in [7, 11) is 2.59. The van der Waals surface area contributed by atoms with Crippen LogP contribution >= 0.6 is 11.3 Å². The summed E-state index contributed by atoms with van der Waals surface area (Å²) in [4.78, 5) is 0. The highest BCUT2D eigenvalue weighted by Crippen LogP contribution is 2.14. The van der Waals surface area contributed by atoms with Gasteiger partial charge in [0.1, 0.15) is 6.54 Å². The van der Waals surface area contributed by atoms with Crippen LogP contribution in [0.5, 0.6) is 0 Å². The molecule has 6 heteroatoms. The molecule has 0 unspecified atom stereocenters. The fraction of sp³-hybridized carbons (Fsp3) is 0.700. The van der Waals surface area contributed by atoms with Crippen LogP contribution in [0.25, 0.3) is 0 Å². The van der Waals surface area contributed by atoms with Crippen molar-refractivity contribution in [1.82, 2.24) is 0 Å². The third kappa shape index (κ3) is 3.36. The Kier molecular flexibility index (Phi) is 5.57. The lowest BCUT2D eigenvalue weighted by atomic mass is 10.4. The number of aromatic nitrogens is 1. The Balaban J connectivity index is 2.42. The van der Waals surface area contributed by atoms with E-state index >= 15 is 0 Å². The van der Waals surface area contributed by atoms with Crippen molar-refractivity contribution in [3.05, 3.63) is 16.6 Å². The zero-order chi connectivity index (χ0) is 12.0. The molecule has 92 valence electrons. The fourth-order valence-electron chi connectivity index (χ4n) is 1.60. The van der Waals surface area contributed by atoms with Crippen molar-refractivity contribution in [2.24, 2.45) is 0 Å². The van der Waals surface area contributed by atoms with E-state index in [9.17, 15) is 0 Å². The molecule has 0 spiro atoms. The topological polar surface area (TPSA) is 31.6 Å². The minimum Gasteiger partial charge on any atom is -0.377 e. The monoisotopic (exact) mass is 262 g/mol. The lowest BCUT2D eigenvalue weighted by Crippen LogP contribution is -2.44. The summed E-state index contributed by atoms with van der Waals surface area (Å²) in [5.74, 6) is 0. The van der Waals surface area contributed by atoms with Crippen molar-refractivity contribution in [1.29, 1.82) is 0 Å². The molecular weight excluding hydrogens is 242 g/mol. The summed E-state index contributed by atoms with van der Waals surface area (Å²) in [6, 6.07) is 0.846. The van der Waals surface area contributed by atoms with Gasteiger partial charge in [0.25, 0.3) is 0 Å². The van der Waals surface area contributed by atoms with Gasteiger partial charge in [-0.3, -0.25) is 0 Å². The summed E-state index contributed by atoms with van der Waals surface area (Å²) < 4.78 is 18.4. The zero-order valence-electron chi connectivity index (χ0n) is 10.4. The van der Waals surface area contributed by atoms with E-state index in [0.717, 1.165) is 19.0 Å². The molecule has 1 aromatic heterocycles. The van der Waals surface area contributed by atoms with Gasteiger partial charge in [0.15, 0.2) is 5.69 Å². The van der Waals surface area contributed by atoms with Crippen LogP contribution in [0.15, 0.2) is 10.9 Å². The van der Waals surface area contributed by atoms with Gasteiger partial charge < -0.3 is 13.3 Å². The van der Waals surface area contributed by atoms with E-state index in [4.69, 9.17) is 13.3 Å². The number of rotatable bonds is 7. The summed E-state index contributed by atoms with van der Waals surface area (Å²) in [6.07, 6.45) is 1.00. The van der Waals surface area contributed by atoms with Crippen molar-refractivity contribution in [3.63, 3.8) is 0 Å². The van der Waals surface area contributed by atoms with E-state index in [1.807, 2.05) is 0 Å². The fourth-order valence-corrected chi connectivity index (χ4v) is 4.12. The predicted molar refractivity (Wildman–Crippen MR) is 65.5 cm³/mol. The molecule has 0 saturated carbocycles. The second-order valence-electron chi connectivity index (χ2n) is 3.59. The Hall–Kier alpha value is -0.273. The molecule has 1 rings (SSSR count). The zero-order valence-corrected chi connectivity index (χ0v) is 12.2.